The molecule has 0 bridgehead atoms. The van der Waals surface area contributed by atoms with Gasteiger partial charge < -0.3 is 15.0 Å². The van der Waals surface area contributed by atoms with Gasteiger partial charge in [-0.15, -0.1) is 12.4 Å². The molecule has 0 spiro atoms. The SMILES string of the molecule is CC(CC(=O)N1CCOC(c2ccc(Cl)c(Cl)c2)C1)C1CCCNC1.Cl. The van der Waals surface area contributed by atoms with Crippen molar-refractivity contribution in [2.75, 3.05) is 32.8 Å². The second kappa shape index (κ2) is 10.1. The van der Waals surface area contributed by atoms with Crippen molar-refractivity contribution in [1.29, 1.82) is 0 Å². The molecular formula is C19H27Cl3N2O2. The van der Waals surface area contributed by atoms with Crippen LogP contribution in [0, 0.1) is 11.8 Å². The number of morpholine rings is 1. The Hall–Kier alpha value is -0.520. The first-order valence-electron chi connectivity index (χ1n) is 9.09. The van der Waals surface area contributed by atoms with Crippen molar-refractivity contribution < 1.29 is 9.53 Å². The highest BCUT2D eigenvalue weighted by Gasteiger charge is 2.28. The van der Waals surface area contributed by atoms with Gasteiger partial charge in [-0.1, -0.05) is 36.2 Å². The van der Waals surface area contributed by atoms with Crippen LogP contribution in [0.3, 0.4) is 0 Å². The summed E-state index contributed by atoms with van der Waals surface area (Å²) >= 11 is 12.1. The van der Waals surface area contributed by atoms with Gasteiger partial charge in [-0.25, -0.2) is 0 Å². The number of nitrogens with zero attached hydrogens (tertiary/aromatic N) is 1. The lowest BCUT2D eigenvalue weighted by molar-refractivity contribution is -0.140. The largest absolute Gasteiger partial charge is 0.370 e. The molecule has 146 valence electrons. The molecule has 3 atom stereocenters. The molecule has 1 N–H and O–H groups in total. The average molecular weight is 422 g/mol. The van der Waals surface area contributed by atoms with Crippen LogP contribution in [0.5, 0.6) is 0 Å². The Bertz CT molecular complexity index is 608. The summed E-state index contributed by atoms with van der Waals surface area (Å²) in [5.41, 5.74) is 0.969. The quantitative estimate of drug-likeness (QED) is 0.786. The smallest absolute Gasteiger partial charge is 0.223 e. The highest BCUT2D eigenvalue weighted by Crippen LogP contribution is 2.30. The summed E-state index contributed by atoms with van der Waals surface area (Å²) in [6.45, 7) is 6.12. The molecule has 2 saturated heterocycles. The summed E-state index contributed by atoms with van der Waals surface area (Å²) in [7, 11) is 0. The molecule has 0 radical (unpaired) electrons. The zero-order chi connectivity index (χ0) is 17.8. The lowest BCUT2D eigenvalue weighted by Crippen LogP contribution is -2.43. The number of nitrogens with one attached hydrogen (secondary N) is 1. The Morgan fingerprint density at radius 3 is 2.88 bits per heavy atom. The molecule has 1 amide bonds. The van der Waals surface area contributed by atoms with Crippen LogP contribution in [0.1, 0.15) is 37.9 Å². The first-order valence-corrected chi connectivity index (χ1v) is 9.85. The van der Waals surface area contributed by atoms with Crippen LogP contribution < -0.4 is 5.32 Å². The Morgan fingerprint density at radius 1 is 1.38 bits per heavy atom. The maximum Gasteiger partial charge on any atom is 0.223 e. The van der Waals surface area contributed by atoms with Crippen LogP contribution in [-0.2, 0) is 9.53 Å². The number of rotatable bonds is 4. The minimum absolute atomic E-state index is 0. The molecule has 2 fully saturated rings. The summed E-state index contributed by atoms with van der Waals surface area (Å²) < 4.78 is 5.85. The average Bonchev–Trinajstić information content (AvgIpc) is 2.64. The molecule has 4 nitrogen and oxygen atoms in total. The van der Waals surface area contributed by atoms with E-state index in [0.29, 0.717) is 48.0 Å². The van der Waals surface area contributed by atoms with E-state index in [1.807, 2.05) is 17.0 Å². The van der Waals surface area contributed by atoms with Gasteiger partial charge in [0.2, 0.25) is 5.91 Å². The Balaban J connectivity index is 0.00000243. The first-order chi connectivity index (χ1) is 12.0. The molecule has 7 heteroatoms. The van der Waals surface area contributed by atoms with Gasteiger partial charge in [0.25, 0.3) is 0 Å². The van der Waals surface area contributed by atoms with Crippen LogP contribution >= 0.6 is 35.6 Å². The summed E-state index contributed by atoms with van der Waals surface area (Å²) in [5, 5.41) is 4.49. The predicted molar refractivity (Wildman–Crippen MR) is 108 cm³/mol. The van der Waals surface area contributed by atoms with Crippen LogP contribution in [-0.4, -0.2) is 43.6 Å². The molecular weight excluding hydrogens is 395 g/mol. The van der Waals surface area contributed by atoms with Gasteiger partial charge in [-0.05, 0) is 55.5 Å². The second-order valence-corrected chi connectivity index (χ2v) is 7.97. The molecule has 1 aromatic carbocycles. The van der Waals surface area contributed by atoms with Crippen LogP contribution in [0.2, 0.25) is 10.0 Å². The van der Waals surface area contributed by atoms with Crippen molar-refractivity contribution in [3.05, 3.63) is 33.8 Å². The van der Waals surface area contributed by atoms with E-state index in [-0.39, 0.29) is 24.4 Å². The fourth-order valence-electron chi connectivity index (χ4n) is 3.73. The van der Waals surface area contributed by atoms with E-state index < -0.39 is 0 Å². The van der Waals surface area contributed by atoms with Gasteiger partial charge in [-0.3, -0.25) is 4.79 Å². The van der Waals surface area contributed by atoms with E-state index in [1.54, 1.807) is 6.07 Å². The lowest BCUT2D eigenvalue weighted by atomic mass is 9.85. The molecule has 3 unspecified atom stereocenters. The van der Waals surface area contributed by atoms with E-state index in [9.17, 15) is 4.79 Å². The van der Waals surface area contributed by atoms with Gasteiger partial charge in [0.15, 0.2) is 0 Å². The molecule has 2 heterocycles. The minimum Gasteiger partial charge on any atom is -0.370 e. The zero-order valence-corrected chi connectivity index (χ0v) is 17.4. The molecule has 3 rings (SSSR count). The Morgan fingerprint density at radius 2 is 2.19 bits per heavy atom. The number of carbonyl (C=O) groups excluding carboxylic acids is 1. The fraction of sp³-hybridized carbons (Fsp3) is 0.632. The van der Waals surface area contributed by atoms with Crippen molar-refractivity contribution in [1.82, 2.24) is 10.2 Å². The Kier molecular flexibility index (Phi) is 8.49. The summed E-state index contributed by atoms with van der Waals surface area (Å²) in [6, 6.07) is 5.53. The minimum atomic E-state index is -0.140. The van der Waals surface area contributed by atoms with E-state index >= 15 is 0 Å². The van der Waals surface area contributed by atoms with E-state index in [2.05, 4.69) is 12.2 Å². The van der Waals surface area contributed by atoms with Crippen LogP contribution in [0.25, 0.3) is 0 Å². The lowest BCUT2D eigenvalue weighted by Gasteiger charge is -2.35. The van der Waals surface area contributed by atoms with Crippen molar-refractivity contribution in [3.8, 4) is 0 Å². The van der Waals surface area contributed by atoms with Crippen molar-refractivity contribution in [3.63, 3.8) is 0 Å². The first kappa shape index (κ1) is 21.8. The van der Waals surface area contributed by atoms with Gasteiger partial charge in [-0.2, -0.15) is 0 Å². The number of piperidine rings is 1. The van der Waals surface area contributed by atoms with Crippen LogP contribution in [0.4, 0.5) is 0 Å². The topological polar surface area (TPSA) is 41.6 Å². The maximum absolute atomic E-state index is 12.8. The number of carbonyl (C=O) groups is 1. The number of halogens is 3. The third-order valence-electron chi connectivity index (χ3n) is 5.37. The van der Waals surface area contributed by atoms with E-state index in [0.717, 1.165) is 18.7 Å². The molecule has 26 heavy (non-hydrogen) atoms. The number of ether oxygens (including phenoxy) is 1. The summed E-state index contributed by atoms with van der Waals surface area (Å²) in [4.78, 5) is 14.7. The molecule has 2 aliphatic heterocycles. The number of hydrogen-bond donors (Lipinski definition) is 1. The van der Waals surface area contributed by atoms with Crippen molar-refractivity contribution >= 4 is 41.5 Å². The van der Waals surface area contributed by atoms with Gasteiger partial charge in [0, 0.05) is 13.0 Å². The fourth-order valence-corrected chi connectivity index (χ4v) is 4.03. The van der Waals surface area contributed by atoms with Crippen LogP contribution in [0.15, 0.2) is 18.2 Å². The second-order valence-electron chi connectivity index (χ2n) is 7.16. The summed E-state index contributed by atoms with van der Waals surface area (Å²) in [6.07, 6.45) is 2.90. The normalized spacial score (nSPS) is 24.7. The number of amides is 1. The predicted octanol–water partition coefficient (Wildman–Crippen LogP) is 4.34. The van der Waals surface area contributed by atoms with E-state index in [4.69, 9.17) is 27.9 Å². The monoisotopic (exact) mass is 420 g/mol. The number of hydrogen-bond acceptors (Lipinski definition) is 3. The number of benzene rings is 1. The van der Waals surface area contributed by atoms with Crippen molar-refractivity contribution in [2.24, 2.45) is 11.8 Å². The zero-order valence-electron chi connectivity index (χ0n) is 15.0. The van der Waals surface area contributed by atoms with E-state index in [1.165, 1.54) is 12.8 Å². The van der Waals surface area contributed by atoms with Crippen molar-refractivity contribution in [2.45, 2.75) is 32.3 Å². The highest BCUT2D eigenvalue weighted by molar-refractivity contribution is 6.42. The standard InChI is InChI=1S/C19H26Cl2N2O2.ClH/c1-13(15-3-2-6-22-11-15)9-19(24)23-7-8-25-18(12-23)14-4-5-16(20)17(21)10-14;/h4-5,10,13,15,18,22H,2-3,6-9,11-12H2,1H3;1H. The third-order valence-corrected chi connectivity index (χ3v) is 6.11. The molecule has 0 aliphatic carbocycles. The van der Waals surface area contributed by atoms with Gasteiger partial charge >= 0.3 is 0 Å². The molecule has 0 saturated carbocycles. The van der Waals surface area contributed by atoms with Gasteiger partial charge in [0.05, 0.1) is 23.2 Å². The van der Waals surface area contributed by atoms with Gasteiger partial charge in [0.1, 0.15) is 6.10 Å². The summed E-state index contributed by atoms with van der Waals surface area (Å²) in [5.74, 6) is 1.24. The molecule has 0 aromatic heterocycles. The third kappa shape index (κ3) is 5.49. The highest BCUT2D eigenvalue weighted by atomic mass is 35.5. The molecule has 1 aromatic rings. The maximum atomic E-state index is 12.8. The Labute approximate surface area is 172 Å². The molecule has 2 aliphatic rings.